The Bertz CT molecular complexity index is 1250. The molecule has 0 bridgehead atoms. The van der Waals surface area contributed by atoms with Crippen molar-refractivity contribution < 1.29 is 19.1 Å². The molecule has 1 aromatic carbocycles. The normalized spacial score (nSPS) is 17.9. The molecule has 3 aromatic heterocycles. The number of esters is 1. The number of fused-ring (bicyclic) bond motifs is 1. The molecule has 1 fully saturated rings. The number of aromatic hydroxyl groups is 1. The summed E-state index contributed by atoms with van der Waals surface area (Å²) in [5.74, 6) is 0.597. The molecule has 5 rings (SSSR count). The van der Waals surface area contributed by atoms with E-state index in [1.807, 2.05) is 31.2 Å². The minimum absolute atomic E-state index is 0.0264. The average Bonchev–Trinajstić information content (AvgIpc) is 3.55. The standard InChI is InChI=1S/C23H23ClN4O4S/c1-2-31-22(30)15-5-3-11-27(13-15)18(14-7-9-16(24)10-8-14)19-21(29)28-23(33-19)25-20(26-28)17-6-4-12-32-17/h4,6-10,12,15,18,29H,2-3,5,11,13H2,1H3. The van der Waals surface area contributed by atoms with Crippen LogP contribution in [0, 0.1) is 5.92 Å². The van der Waals surface area contributed by atoms with Gasteiger partial charge in [0.15, 0.2) is 5.76 Å². The van der Waals surface area contributed by atoms with Crippen molar-refractivity contribution in [2.45, 2.75) is 25.8 Å². The van der Waals surface area contributed by atoms with Gasteiger partial charge < -0.3 is 14.3 Å². The highest BCUT2D eigenvalue weighted by molar-refractivity contribution is 7.17. The van der Waals surface area contributed by atoms with Gasteiger partial charge in [-0.15, -0.1) is 5.10 Å². The van der Waals surface area contributed by atoms with E-state index in [-0.39, 0.29) is 23.8 Å². The monoisotopic (exact) mass is 486 g/mol. The summed E-state index contributed by atoms with van der Waals surface area (Å²) in [5, 5.41) is 16.2. The number of likely N-dealkylation sites (tertiary alicyclic amines) is 1. The van der Waals surface area contributed by atoms with Crippen LogP contribution in [0.25, 0.3) is 16.5 Å². The highest BCUT2D eigenvalue weighted by atomic mass is 35.5. The first-order chi connectivity index (χ1) is 16.0. The van der Waals surface area contributed by atoms with Gasteiger partial charge in [0.1, 0.15) is 0 Å². The number of hydrogen-bond donors (Lipinski definition) is 1. The third-order valence-corrected chi connectivity index (χ3v) is 7.14. The minimum atomic E-state index is -0.278. The first-order valence-electron chi connectivity index (χ1n) is 10.8. The number of nitrogens with zero attached hydrogens (tertiary/aromatic N) is 4. The lowest BCUT2D eigenvalue weighted by Crippen LogP contribution is -2.41. The van der Waals surface area contributed by atoms with Crippen molar-refractivity contribution in [1.82, 2.24) is 19.5 Å². The number of thiazole rings is 1. The van der Waals surface area contributed by atoms with Crippen LogP contribution in [0.3, 0.4) is 0 Å². The van der Waals surface area contributed by atoms with Gasteiger partial charge in [-0.3, -0.25) is 9.69 Å². The number of ether oxygens (including phenoxy) is 1. The summed E-state index contributed by atoms with van der Waals surface area (Å²) in [6, 6.07) is 10.8. The van der Waals surface area contributed by atoms with Gasteiger partial charge in [-0.2, -0.15) is 9.50 Å². The molecule has 10 heteroatoms. The molecule has 0 radical (unpaired) electrons. The number of furan rings is 1. The molecule has 8 nitrogen and oxygen atoms in total. The Kier molecular flexibility index (Phi) is 6.09. The van der Waals surface area contributed by atoms with Crippen molar-refractivity contribution in [3.8, 4) is 17.5 Å². The number of halogens is 1. The predicted octanol–water partition coefficient (Wildman–Crippen LogP) is 4.77. The Hall–Kier alpha value is -2.88. The van der Waals surface area contributed by atoms with Crippen molar-refractivity contribution in [1.29, 1.82) is 0 Å². The van der Waals surface area contributed by atoms with Crippen LogP contribution in [0.15, 0.2) is 47.1 Å². The first-order valence-corrected chi connectivity index (χ1v) is 12.0. The van der Waals surface area contributed by atoms with E-state index in [2.05, 4.69) is 15.0 Å². The second kappa shape index (κ2) is 9.17. The van der Waals surface area contributed by atoms with E-state index in [0.717, 1.165) is 24.9 Å². The second-order valence-electron chi connectivity index (χ2n) is 7.94. The molecule has 172 valence electrons. The van der Waals surface area contributed by atoms with E-state index < -0.39 is 0 Å². The maximum atomic E-state index is 12.5. The van der Waals surface area contributed by atoms with Crippen LogP contribution < -0.4 is 0 Å². The van der Waals surface area contributed by atoms with Crippen LogP contribution in [0.2, 0.25) is 5.02 Å². The zero-order valence-electron chi connectivity index (χ0n) is 18.0. The average molecular weight is 487 g/mol. The highest BCUT2D eigenvalue weighted by Crippen LogP contribution is 2.42. The number of carbonyl (C=O) groups excluding carboxylic acids is 1. The molecule has 2 atom stereocenters. The molecule has 2 unspecified atom stereocenters. The lowest BCUT2D eigenvalue weighted by atomic mass is 9.94. The molecule has 1 aliphatic heterocycles. The molecule has 0 amide bonds. The largest absolute Gasteiger partial charge is 0.492 e. The van der Waals surface area contributed by atoms with Gasteiger partial charge in [-0.1, -0.05) is 35.1 Å². The van der Waals surface area contributed by atoms with E-state index in [9.17, 15) is 9.90 Å². The molecular weight excluding hydrogens is 464 g/mol. The number of carbonyl (C=O) groups is 1. The fourth-order valence-electron chi connectivity index (χ4n) is 4.30. The lowest BCUT2D eigenvalue weighted by molar-refractivity contribution is -0.150. The predicted molar refractivity (Wildman–Crippen MR) is 124 cm³/mol. The maximum Gasteiger partial charge on any atom is 0.310 e. The molecule has 1 aliphatic rings. The van der Waals surface area contributed by atoms with E-state index in [1.54, 1.807) is 18.4 Å². The summed E-state index contributed by atoms with van der Waals surface area (Å²) >= 11 is 7.51. The van der Waals surface area contributed by atoms with Gasteiger partial charge in [0.2, 0.25) is 16.7 Å². The molecule has 0 spiro atoms. The minimum Gasteiger partial charge on any atom is -0.492 e. The molecule has 4 aromatic rings. The van der Waals surface area contributed by atoms with E-state index >= 15 is 0 Å². The third kappa shape index (κ3) is 4.23. The third-order valence-electron chi connectivity index (χ3n) is 5.81. The van der Waals surface area contributed by atoms with Gasteiger partial charge in [-0.25, -0.2) is 0 Å². The molecular formula is C23H23ClN4O4S. The second-order valence-corrected chi connectivity index (χ2v) is 9.38. The fourth-order valence-corrected chi connectivity index (χ4v) is 5.55. The van der Waals surface area contributed by atoms with Crippen LogP contribution in [-0.4, -0.2) is 50.3 Å². The summed E-state index contributed by atoms with van der Waals surface area (Å²) in [5.41, 5.74) is 0.968. The van der Waals surface area contributed by atoms with Crippen molar-refractivity contribution in [3.63, 3.8) is 0 Å². The Balaban J connectivity index is 1.54. The topological polar surface area (TPSA) is 93.1 Å². The SMILES string of the molecule is CCOC(=O)C1CCCN(C(c2ccc(Cl)cc2)c2sc3nc(-c4ccco4)nn3c2O)C1. The fraction of sp³-hybridized carbons (Fsp3) is 0.348. The van der Waals surface area contributed by atoms with E-state index in [1.165, 1.54) is 15.9 Å². The Morgan fingerprint density at radius 2 is 2.18 bits per heavy atom. The number of rotatable bonds is 6. The van der Waals surface area contributed by atoms with Gasteiger partial charge in [0.05, 0.1) is 29.7 Å². The van der Waals surface area contributed by atoms with Crippen LogP contribution in [-0.2, 0) is 9.53 Å². The van der Waals surface area contributed by atoms with Crippen LogP contribution in [0.4, 0.5) is 0 Å². The first kappa shape index (κ1) is 21.9. The number of hydrogen-bond acceptors (Lipinski definition) is 8. The van der Waals surface area contributed by atoms with Crippen molar-refractivity contribution in [2.24, 2.45) is 5.92 Å². The Labute approximate surface area is 199 Å². The summed E-state index contributed by atoms with van der Waals surface area (Å²) in [7, 11) is 0. The number of aromatic nitrogens is 3. The highest BCUT2D eigenvalue weighted by Gasteiger charge is 2.35. The maximum absolute atomic E-state index is 12.5. The molecule has 33 heavy (non-hydrogen) atoms. The Morgan fingerprint density at radius 1 is 1.36 bits per heavy atom. The number of piperidine rings is 1. The summed E-state index contributed by atoms with van der Waals surface area (Å²) < 4.78 is 12.1. The van der Waals surface area contributed by atoms with Gasteiger partial charge in [0.25, 0.3) is 0 Å². The van der Waals surface area contributed by atoms with Gasteiger partial charge in [0, 0.05) is 11.6 Å². The smallest absolute Gasteiger partial charge is 0.310 e. The summed E-state index contributed by atoms with van der Waals surface area (Å²) in [6.07, 6.45) is 3.21. The van der Waals surface area contributed by atoms with Crippen molar-refractivity contribution >= 4 is 33.9 Å². The molecule has 1 N–H and O–H groups in total. The van der Waals surface area contributed by atoms with E-state index in [4.69, 9.17) is 20.8 Å². The molecule has 0 saturated carbocycles. The molecule has 1 saturated heterocycles. The van der Waals surface area contributed by atoms with Gasteiger partial charge in [-0.05, 0) is 56.1 Å². The van der Waals surface area contributed by atoms with Crippen molar-refractivity contribution in [2.75, 3.05) is 19.7 Å². The van der Waals surface area contributed by atoms with Crippen LogP contribution >= 0.6 is 22.9 Å². The molecule has 0 aliphatic carbocycles. The zero-order chi connectivity index (χ0) is 22.9. The summed E-state index contributed by atoms with van der Waals surface area (Å²) in [6.45, 7) is 3.51. The zero-order valence-corrected chi connectivity index (χ0v) is 19.6. The quantitative estimate of drug-likeness (QED) is 0.392. The van der Waals surface area contributed by atoms with Crippen LogP contribution in [0.5, 0.6) is 5.88 Å². The lowest BCUT2D eigenvalue weighted by Gasteiger charge is -2.37. The van der Waals surface area contributed by atoms with Crippen molar-refractivity contribution in [3.05, 3.63) is 58.1 Å². The summed E-state index contributed by atoms with van der Waals surface area (Å²) in [4.78, 5) is 20.5. The van der Waals surface area contributed by atoms with E-state index in [0.29, 0.717) is 39.6 Å². The van der Waals surface area contributed by atoms with Crippen LogP contribution in [0.1, 0.15) is 36.2 Å². The Morgan fingerprint density at radius 3 is 2.88 bits per heavy atom. The number of benzene rings is 1. The molecule has 4 heterocycles. The van der Waals surface area contributed by atoms with Gasteiger partial charge >= 0.3 is 5.97 Å².